The summed E-state index contributed by atoms with van der Waals surface area (Å²) in [5.41, 5.74) is 0.691. The molecule has 0 aliphatic rings. The van der Waals surface area contributed by atoms with Gasteiger partial charge in [0.25, 0.3) is 0 Å². The average Bonchev–Trinajstić information content (AvgIpc) is 2.87. The van der Waals surface area contributed by atoms with Crippen LogP contribution >= 0.6 is 0 Å². The molecule has 2 aromatic carbocycles. The molecule has 0 saturated carbocycles. The van der Waals surface area contributed by atoms with Crippen molar-refractivity contribution in [3.05, 3.63) is 71.5 Å². The maximum Gasteiger partial charge on any atom is 0.171 e. The summed E-state index contributed by atoms with van der Waals surface area (Å²) in [5, 5.41) is 0.647. The highest BCUT2D eigenvalue weighted by atomic mass is 19.1. The molecule has 1 heterocycles. The van der Waals surface area contributed by atoms with E-state index in [2.05, 4.69) is 0 Å². The van der Waals surface area contributed by atoms with Gasteiger partial charge in [-0.1, -0.05) is 24.3 Å². The van der Waals surface area contributed by atoms with Gasteiger partial charge >= 0.3 is 0 Å². The Balaban J connectivity index is 1.98. The first-order valence-corrected chi connectivity index (χ1v) is 6.09. The fourth-order valence-corrected chi connectivity index (χ4v) is 2.15. The first kappa shape index (κ1) is 12.5. The number of halogens is 2. The van der Waals surface area contributed by atoms with E-state index < -0.39 is 11.6 Å². The quantitative estimate of drug-likeness (QED) is 0.671. The third-order valence-electron chi connectivity index (χ3n) is 3.18. The number of rotatable bonds is 3. The minimum Gasteiger partial charge on any atom is -0.464 e. The van der Waals surface area contributed by atoms with E-state index in [1.807, 2.05) is 0 Å². The minimum atomic E-state index is -0.717. The van der Waals surface area contributed by atoms with Crippen LogP contribution in [0.4, 0.5) is 8.78 Å². The van der Waals surface area contributed by atoms with E-state index in [1.54, 1.807) is 24.3 Å². The summed E-state index contributed by atoms with van der Waals surface area (Å²) < 4.78 is 32.4. The molecule has 0 atom stereocenters. The van der Waals surface area contributed by atoms with Crippen molar-refractivity contribution in [3.8, 4) is 0 Å². The summed E-state index contributed by atoms with van der Waals surface area (Å²) in [4.78, 5) is 12.2. The van der Waals surface area contributed by atoms with Crippen LogP contribution in [0.5, 0.6) is 0 Å². The van der Waals surface area contributed by atoms with E-state index in [0.717, 1.165) is 12.1 Å². The Hall–Kier alpha value is -2.49. The van der Waals surface area contributed by atoms with Crippen LogP contribution in [0.2, 0.25) is 0 Å². The lowest BCUT2D eigenvalue weighted by Crippen LogP contribution is -2.06. The number of Topliss-reactive ketones (excluding diaryl/α,β-unsaturated/α-hetero) is 1. The number of hydrogen-bond acceptors (Lipinski definition) is 2. The van der Waals surface area contributed by atoms with Gasteiger partial charge in [-0.3, -0.25) is 4.79 Å². The Bertz CT molecular complexity index is 770. The highest BCUT2D eigenvalue weighted by Gasteiger charge is 2.18. The SMILES string of the molecule is O=C(Cc1c(F)cccc1F)c1coc2ccccc12. The van der Waals surface area contributed by atoms with Gasteiger partial charge in [0.2, 0.25) is 0 Å². The average molecular weight is 272 g/mol. The van der Waals surface area contributed by atoms with Crippen LogP contribution < -0.4 is 0 Å². The largest absolute Gasteiger partial charge is 0.464 e. The molecule has 1 aromatic heterocycles. The summed E-state index contributed by atoms with van der Waals surface area (Å²) in [6.07, 6.45) is 0.994. The van der Waals surface area contributed by atoms with Crippen molar-refractivity contribution in [2.45, 2.75) is 6.42 Å². The van der Waals surface area contributed by atoms with Crippen molar-refractivity contribution in [1.82, 2.24) is 0 Å². The Kier molecular flexibility index (Phi) is 3.06. The Labute approximate surface area is 113 Å². The number of para-hydroxylation sites is 1. The predicted molar refractivity (Wildman–Crippen MR) is 70.6 cm³/mol. The van der Waals surface area contributed by atoms with E-state index in [1.165, 1.54) is 12.3 Å². The molecule has 2 nitrogen and oxygen atoms in total. The van der Waals surface area contributed by atoms with Gasteiger partial charge < -0.3 is 4.42 Å². The van der Waals surface area contributed by atoms with Crippen molar-refractivity contribution in [3.63, 3.8) is 0 Å². The number of carbonyl (C=O) groups is 1. The summed E-state index contributed by atoms with van der Waals surface area (Å²) in [6.45, 7) is 0. The molecule has 0 bridgehead atoms. The van der Waals surface area contributed by atoms with Gasteiger partial charge in [0.1, 0.15) is 23.5 Å². The summed E-state index contributed by atoms with van der Waals surface area (Å²) in [6, 6.07) is 10.6. The Morgan fingerprint density at radius 2 is 1.70 bits per heavy atom. The van der Waals surface area contributed by atoms with Crippen molar-refractivity contribution in [2.24, 2.45) is 0 Å². The minimum absolute atomic E-state index is 0.220. The molecule has 0 spiro atoms. The number of carbonyl (C=O) groups excluding carboxylic acids is 1. The number of fused-ring (bicyclic) bond motifs is 1. The summed E-state index contributed by atoms with van der Waals surface area (Å²) in [5.74, 6) is -1.81. The van der Waals surface area contributed by atoms with Crippen molar-refractivity contribution >= 4 is 16.8 Å². The predicted octanol–water partition coefficient (Wildman–Crippen LogP) is 4.14. The lowest BCUT2D eigenvalue weighted by molar-refractivity contribution is 0.0991. The topological polar surface area (TPSA) is 30.2 Å². The highest BCUT2D eigenvalue weighted by molar-refractivity contribution is 6.07. The Morgan fingerprint density at radius 3 is 2.45 bits per heavy atom. The third-order valence-corrected chi connectivity index (χ3v) is 3.18. The van der Waals surface area contributed by atoms with Crippen molar-refractivity contribution < 1.29 is 18.0 Å². The van der Waals surface area contributed by atoms with E-state index in [9.17, 15) is 13.6 Å². The van der Waals surface area contributed by atoms with Crippen LogP contribution in [-0.4, -0.2) is 5.78 Å². The molecule has 0 saturated heterocycles. The molecule has 0 radical (unpaired) electrons. The van der Waals surface area contributed by atoms with E-state index in [-0.39, 0.29) is 17.8 Å². The number of ketones is 1. The van der Waals surface area contributed by atoms with Gasteiger partial charge in [-0.2, -0.15) is 0 Å². The standard InChI is InChI=1S/C16H10F2O2/c17-13-5-3-6-14(18)11(13)8-15(19)12-9-20-16-7-2-1-4-10(12)16/h1-7,9H,8H2. The molecule has 0 aliphatic carbocycles. The van der Waals surface area contributed by atoms with Gasteiger partial charge in [0, 0.05) is 17.4 Å². The zero-order valence-electron chi connectivity index (χ0n) is 10.4. The normalized spacial score (nSPS) is 10.9. The van der Waals surface area contributed by atoms with Crippen molar-refractivity contribution in [2.75, 3.05) is 0 Å². The maximum atomic E-state index is 13.6. The smallest absolute Gasteiger partial charge is 0.171 e. The van der Waals surface area contributed by atoms with E-state index >= 15 is 0 Å². The maximum absolute atomic E-state index is 13.6. The van der Waals surface area contributed by atoms with E-state index in [4.69, 9.17) is 4.42 Å². The second kappa shape index (κ2) is 4.89. The lowest BCUT2D eigenvalue weighted by Gasteiger charge is -2.03. The second-order valence-electron chi connectivity index (χ2n) is 4.45. The van der Waals surface area contributed by atoms with Crippen LogP contribution in [0.3, 0.4) is 0 Å². The monoisotopic (exact) mass is 272 g/mol. The first-order chi connectivity index (χ1) is 9.66. The molecule has 20 heavy (non-hydrogen) atoms. The lowest BCUT2D eigenvalue weighted by atomic mass is 10.0. The number of hydrogen-bond donors (Lipinski definition) is 0. The number of furan rings is 1. The summed E-state index contributed by atoms with van der Waals surface area (Å²) >= 11 is 0. The molecular formula is C16H10F2O2. The molecule has 0 aliphatic heterocycles. The zero-order valence-corrected chi connectivity index (χ0v) is 10.4. The van der Waals surface area contributed by atoms with Crippen LogP contribution in [0.15, 0.2) is 53.1 Å². The van der Waals surface area contributed by atoms with Crippen LogP contribution in [0.25, 0.3) is 11.0 Å². The Morgan fingerprint density at radius 1 is 1.00 bits per heavy atom. The molecule has 0 fully saturated rings. The molecule has 3 aromatic rings. The van der Waals surface area contributed by atoms with Gasteiger partial charge in [0.15, 0.2) is 5.78 Å². The second-order valence-corrected chi connectivity index (χ2v) is 4.45. The van der Waals surface area contributed by atoms with E-state index in [0.29, 0.717) is 16.5 Å². The zero-order chi connectivity index (χ0) is 14.1. The molecule has 0 unspecified atom stereocenters. The van der Waals surface area contributed by atoms with Gasteiger partial charge in [-0.25, -0.2) is 8.78 Å². The molecule has 0 amide bonds. The van der Waals surface area contributed by atoms with Gasteiger partial charge in [-0.15, -0.1) is 0 Å². The molecule has 0 N–H and O–H groups in total. The molecular weight excluding hydrogens is 262 g/mol. The molecule has 4 heteroatoms. The summed E-state index contributed by atoms with van der Waals surface area (Å²) in [7, 11) is 0. The molecule has 3 rings (SSSR count). The van der Waals surface area contributed by atoms with Gasteiger partial charge in [-0.05, 0) is 18.2 Å². The molecule has 100 valence electrons. The number of benzene rings is 2. The van der Waals surface area contributed by atoms with Crippen LogP contribution in [-0.2, 0) is 6.42 Å². The third kappa shape index (κ3) is 2.09. The fraction of sp³-hybridized carbons (Fsp3) is 0.0625. The first-order valence-electron chi connectivity index (χ1n) is 6.09. The fourth-order valence-electron chi connectivity index (χ4n) is 2.15. The van der Waals surface area contributed by atoms with Gasteiger partial charge in [0.05, 0.1) is 5.56 Å². The van der Waals surface area contributed by atoms with Crippen LogP contribution in [0.1, 0.15) is 15.9 Å². The van der Waals surface area contributed by atoms with Crippen molar-refractivity contribution in [1.29, 1.82) is 0 Å². The highest BCUT2D eigenvalue weighted by Crippen LogP contribution is 2.23. The van der Waals surface area contributed by atoms with Crippen LogP contribution in [0, 0.1) is 11.6 Å².